The number of rotatable bonds is 3. The van der Waals surface area contributed by atoms with Crippen molar-refractivity contribution >= 4 is 17.2 Å². The third-order valence-corrected chi connectivity index (χ3v) is 3.99. The number of hydrogen-bond donors (Lipinski definition) is 1. The van der Waals surface area contributed by atoms with Gasteiger partial charge in [-0.1, -0.05) is 13.8 Å². The van der Waals surface area contributed by atoms with Crippen molar-refractivity contribution in [2.45, 2.75) is 33.2 Å². The molecule has 1 aromatic heterocycles. The van der Waals surface area contributed by atoms with E-state index in [4.69, 9.17) is 0 Å². The molecule has 0 radical (unpaired) electrons. The monoisotopic (exact) mass is 267 g/mol. The summed E-state index contributed by atoms with van der Waals surface area (Å²) in [7, 11) is 0. The van der Waals surface area contributed by atoms with Crippen LogP contribution in [0.5, 0.6) is 0 Å². The third-order valence-electron chi connectivity index (χ3n) is 3.12. The SMILES string of the molecule is CC(C)Cc1nc(C(=O)N2CCNC[C@H]2C)cs1. The lowest BCUT2D eigenvalue weighted by Gasteiger charge is -2.33. The predicted molar refractivity (Wildman–Crippen MR) is 74.0 cm³/mol. The van der Waals surface area contributed by atoms with E-state index in [1.54, 1.807) is 11.3 Å². The second-order valence-electron chi connectivity index (χ2n) is 5.28. The van der Waals surface area contributed by atoms with Crippen molar-refractivity contribution in [2.24, 2.45) is 5.92 Å². The van der Waals surface area contributed by atoms with Crippen molar-refractivity contribution in [1.82, 2.24) is 15.2 Å². The Morgan fingerprint density at radius 1 is 1.67 bits per heavy atom. The third kappa shape index (κ3) is 3.09. The van der Waals surface area contributed by atoms with Gasteiger partial charge < -0.3 is 10.2 Å². The van der Waals surface area contributed by atoms with Crippen LogP contribution in [0.2, 0.25) is 0 Å². The van der Waals surface area contributed by atoms with Crippen LogP contribution in [0.25, 0.3) is 0 Å². The first-order valence-electron chi connectivity index (χ1n) is 6.54. The molecule has 1 aliphatic rings. The Hall–Kier alpha value is -0.940. The van der Waals surface area contributed by atoms with E-state index in [2.05, 4.69) is 31.1 Å². The Balaban J connectivity index is 2.06. The highest BCUT2D eigenvalue weighted by Crippen LogP contribution is 2.17. The minimum absolute atomic E-state index is 0.0789. The summed E-state index contributed by atoms with van der Waals surface area (Å²) in [6, 6.07) is 0.251. The van der Waals surface area contributed by atoms with E-state index >= 15 is 0 Å². The molecule has 18 heavy (non-hydrogen) atoms. The number of aromatic nitrogens is 1. The predicted octanol–water partition coefficient (Wildman–Crippen LogP) is 1.78. The standard InChI is InChI=1S/C13H21N3OS/c1-9(2)6-12-15-11(8-18-12)13(17)16-5-4-14-7-10(16)3/h8-10,14H,4-7H2,1-3H3/t10-/m1/s1. The van der Waals surface area contributed by atoms with Gasteiger partial charge in [0.05, 0.1) is 5.01 Å². The maximum Gasteiger partial charge on any atom is 0.273 e. The molecule has 1 fully saturated rings. The molecule has 0 unspecified atom stereocenters. The van der Waals surface area contributed by atoms with E-state index in [0.29, 0.717) is 11.6 Å². The molecule has 0 saturated carbocycles. The molecule has 1 amide bonds. The van der Waals surface area contributed by atoms with E-state index in [1.165, 1.54) is 0 Å². The molecule has 0 spiro atoms. The average molecular weight is 267 g/mol. The number of hydrogen-bond acceptors (Lipinski definition) is 4. The van der Waals surface area contributed by atoms with E-state index in [-0.39, 0.29) is 11.9 Å². The molecule has 0 bridgehead atoms. The zero-order chi connectivity index (χ0) is 13.1. The van der Waals surface area contributed by atoms with E-state index in [9.17, 15) is 4.79 Å². The lowest BCUT2D eigenvalue weighted by Crippen LogP contribution is -2.52. The Morgan fingerprint density at radius 2 is 2.44 bits per heavy atom. The summed E-state index contributed by atoms with van der Waals surface area (Å²) in [5.74, 6) is 0.660. The molecular weight excluding hydrogens is 246 g/mol. The fraction of sp³-hybridized carbons (Fsp3) is 0.692. The number of amides is 1. The molecule has 1 N–H and O–H groups in total. The second kappa shape index (κ2) is 5.80. The molecule has 1 aromatic rings. The smallest absolute Gasteiger partial charge is 0.273 e. The van der Waals surface area contributed by atoms with E-state index in [0.717, 1.165) is 31.1 Å². The van der Waals surface area contributed by atoms with Crippen LogP contribution in [0, 0.1) is 5.92 Å². The van der Waals surface area contributed by atoms with Crippen LogP contribution in [0.1, 0.15) is 36.3 Å². The highest BCUT2D eigenvalue weighted by molar-refractivity contribution is 7.09. The van der Waals surface area contributed by atoms with Gasteiger partial charge in [-0.05, 0) is 12.8 Å². The summed E-state index contributed by atoms with van der Waals surface area (Å²) >= 11 is 1.60. The lowest BCUT2D eigenvalue weighted by atomic mass is 10.1. The summed E-state index contributed by atoms with van der Waals surface area (Å²) in [5, 5.41) is 6.25. The van der Waals surface area contributed by atoms with Crippen LogP contribution >= 0.6 is 11.3 Å². The first-order valence-corrected chi connectivity index (χ1v) is 7.42. The molecule has 1 atom stereocenters. The first-order chi connectivity index (χ1) is 8.58. The quantitative estimate of drug-likeness (QED) is 0.908. The minimum Gasteiger partial charge on any atom is -0.332 e. The summed E-state index contributed by atoms with van der Waals surface area (Å²) in [6.07, 6.45) is 0.953. The first kappa shape index (κ1) is 13.5. The van der Waals surface area contributed by atoms with Crippen LogP contribution in [0.3, 0.4) is 0 Å². The number of piperazine rings is 1. The van der Waals surface area contributed by atoms with Crippen LogP contribution in [-0.4, -0.2) is 41.5 Å². The van der Waals surface area contributed by atoms with Crippen molar-refractivity contribution in [3.8, 4) is 0 Å². The largest absolute Gasteiger partial charge is 0.332 e. The highest BCUT2D eigenvalue weighted by atomic mass is 32.1. The number of nitrogens with zero attached hydrogens (tertiary/aromatic N) is 2. The minimum atomic E-state index is 0.0789. The van der Waals surface area contributed by atoms with E-state index < -0.39 is 0 Å². The van der Waals surface area contributed by atoms with Gasteiger partial charge in [0.25, 0.3) is 5.91 Å². The normalized spacial score (nSPS) is 20.4. The maximum absolute atomic E-state index is 12.4. The van der Waals surface area contributed by atoms with Crippen LogP contribution in [0.4, 0.5) is 0 Å². The Morgan fingerprint density at radius 3 is 3.11 bits per heavy atom. The zero-order valence-electron chi connectivity index (χ0n) is 11.3. The fourth-order valence-corrected chi connectivity index (χ4v) is 3.12. The van der Waals surface area contributed by atoms with Gasteiger partial charge in [0.2, 0.25) is 0 Å². The molecule has 100 valence electrons. The number of thiazole rings is 1. The van der Waals surface area contributed by atoms with Gasteiger partial charge in [0.15, 0.2) is 0 Å². The average Bonchev–Trinajstić information content (AvgIpc) is 2.76. The maximum atomic E-state index is 12.4. The Labute approximate surface area is 112 Å². The van der Waals surface area contributed by atoms with Gasteiger partial charge in [-0.15, -0.1) is 11.3 Å². The summed E-state index contributed by atoms with van der Waals surface area (Å²) in [5.41, 5.74) is 0.615. The lowest BCUT2D eigenvalue weighted by molar-refractivity contribution is 0.0650. The molecule has 1 saturated heterocycles. The topological polar surface area (TPSA) is 45.2 Å². The molecule has 5 heteroatoms. The molecule has 2 rings (SSSR count). The molecule has 4 nitrogen and oxygen atoms in total. The Kier molecular flexibility index (Phi) is 4.35. The van der Waals surface area contributed by atoms with Gasteiger partial charge >= 0.3 is 0 Å². The van der Waals surface area contributed by atoms with Crippen molar-refractivity contribution in [3.63, 3.8) is 0 Å². The van der Waals surface area contributed by atoms with Crippen LogP contribution in [0.15, 0.2) is 5.38 Å². The molecule has 0 aliphatic carbocycles. The summed E-state index contributed by atoms with van der Waals surface area (Å²) in [4.78, 5) is 18.7. The van der Waals surface area contributed by atoms with E-state index in [1.807, 2.05) is 10.3 Å². The number of carbonyl (C=O) groups excluding carboxylic acids is 1. The number of carbonyl (C=O) groups is 1. The van der Waals surface area contributed by atoms with Gasteiger partial charge in [-0.3, -0.25) is 4.79 Å². The van der Waals surface area contributed by atoms with Crippen LogP contribution < -0.4 is 5.32 Å². The van der Waals surface area contributed by atoms with Gasteiger partial charge in [0, 0.05) is 37.5 Å². The van der Waals surface area contributed by atoms with Crippen molar-refractivity contribution in [1.29, 1.82) is 0 Å². The zero-order valence-corrected chi connectivity index (χ0v) is 12.1. The molecule has 1 aliphatic heterocycles. The summed E-state index contributed by atoms with van der Waals surface area (Å²) in [6.45, 7) is 8.93. The number of nitrogens with one attached hydrogen (secondary N) is 1. The fourth-order valence-electron chi connectivity index (χ4n) is 2.14. The van der Waals surface area contributed by atoms with Gasteiger partial charge in [0.1, 0.15) is 5.69 Å². The molecule has 0 aromatic carbocycles. The van der Waals surface area contributed by atoms with Crippen molar-refractivity contribution in [2.75, 3.05) is 19.6 Å². The Bertz CT molecular complexity index is 416. The summed E-state index contributed by atoms with van der Waals surface area (Å²) < 4.78 is 0. The van der Waals surface area contributed by atoms with Gasteiger partial charge in [-0.25, -0.2) is 4.98 Å². The molecule has 2 heterocycles. The van der Waals surface area contributed by atoms with Crippen molar-refractivity contribution < 1.29 is 4.79 Å². The van der Waals surface area contributed by atoms with Gasteiger partial charge in [-0.2, -0.15) is 0 Å². The van der Waals surface area contributed by atoms with Crippen molar-refractivity contribution in [3.05, 3.63) is 16.1 Å². The van der Waals surface area contributed by atoms with Crippen LogP contribution in [-0.2, 0) is 6.42 Å². The second-order valence-corrected chi connectivity index (χ2v) is 6.22. The molecular formula is C13H21N3OS. The highest BCUT2D eigenvalue weighted by Gasteiger charge is 2.25.